The largest absolute Gasteiger partial charge is 0.696 e. The highest BCUT2D eigenvalue weighted by Crippen LogP contribution is 2.23. The molecule has 2 aromatic rings. The van der Waals surface area contributed by atoms with Crippen LogP contribution in [-0.4, -0.2) is 9.78 Å². The Labute approximate surface area is 97.4 Å². The van der Waals surface area contributed by atoms with Crippen LogP contribution in [0.2, 0.25) is 10.0 Å². The van der Waals surface area contributed by atoms with Crippen LogP contribution in [0.4, 0.5) is 5.69 Å². The van der Waals surface area contributed by atoms with Crippen LogP contribution in [0.1, 0.15) is 5.56 Å². The van der Waals surface area contributed by atoms with E-state index >= 15 is 0 Å². The number of hydrogen-bond acceptors (Lipinski definition) is 1. The normalized spacial score (nSPS) is 10.5. The van der Waals surface area contributed by atoms with Gasteiger partial charge in [0.1, 0.15) is 0 Å². The summed E-state index contributed by atoms with van der Waals surface area (Å²) in [4.78, 5) is 0. The SMILES string of the molecule is [NH-]c1cnn(Cc2ccc(Cl)c(Cl)c2)c1. The van der Waals surface area contributed by atoms with E-state index in [-0.39, 0.29) is 0 Å². The van der Waals surface area contributed by atoms with E-state index in [2.05, 4.69) is 5.10 Å². The molecule has 1 N–H and O–H groups in total. The molecule has 0 atom stereocenters. The van der Waals surface area contributed by atoms with Gasteiger partial charge in [-0.15, -0.1) is 5.69 Å². The molecule has 0 unspecified atom stereocenters. The molecule has 78 valence electrons. The third kappa shape index (κ3) is 2.43. The summed E-state index contributed by atoms with van der Waals surface area (Å²) < 4.78 is 1.68. The van der Waals surface area contributed by atoms with Crippen LogP contribution < -0.4 is 0 Å². The van der Waals surface area contributed by atoms with Gasteiger partial charge in [-0.2, -0.15) is 5.10 Å². The highest BCUT2D eigenvalue weighted by Gasteiger charge is 2.00. The zero-order valence-corrected chi connectivity index (χ0v) is 9.26. The number of nitrogens with one attached hydrogen (secondary N) is 1. The smallest absolute Gasteiger partial charge is 0.0659 e. The summed E-state index contributed by atoms with van der Waals surface area (Å²) in [6.45, 7) is 0.593. The van der Waals surface area contributed by atoms with Gasteiger partial charge >= 0.3 is 0 Å². The summed E-state index contributed by atoms with van der Waals surface area (Å²) in [7, 11) is 0. The van der Waals surface area contributed by atoms with Crippen molar-refractivity contribution in [2.24, 2.45) is 0 Å². The second-order valence-corrected chi connectivity index (χ2v) is 3.99. The minimum absolute atomic E-state index is 0.398. The average Bonchev–Trinajstić information content (AvgIpc) is 2.58. The molecule has 0 aliphatic carbocycles. The van der Waals surface area contributed by atoms with Crippen molar-refractivity contribution in [1.82, 2.24) is 9.78 Å². The molecular weight excluding hydrogens is 233 g/mol. The Hall–Kier alpha value is -1.19. The second kappa shape index (κ2) is 4.13. The summed E-state index contributed by atoms with van der Waals surface area (Å²) >= 11 is 11.7. The van der Waals surface area contributed by atoms with Gasteiger partial charge in [0.2, 0.25) is 0 Å². The first-order valence-corrected chi connectivity index (χ1v) is 5.09. The van der Waals surface area contributed by atoms with Crippen LogP contribution in [0.5, 0.6) is 0 Å². The predicted octanol–water partition coefficient (Wildman–Crippen LogP) is 3.92. The highest BCUT2D eigenvalue weighted by molar-refractivity contribution is 6.42. The quantitative estimate of drug-likeness (QED) is 0.785. The topological polar surface area (TPSA) is 41.6 Å². The summed E-state index contributed by atoms with van der Waals surface area (Å²) in [6, 6.07) is 5.44. The number of nitrogens with zero attached hydrogens (tertiary/aromatic N) is 2. The van der Waals surface area contributed by atoms with Gasteiger partial charge in [0.05, 0.1) is 16.6 Å². The van der Waals surface area contributed by atoms with E-state index in [0.717, 1.165) is 5.56 Å². The Morgan fingerprint density at radius 3 is 2.67 bits per heavy atom. The first kappa shape index (κ1) is 10.3. The van der Waals surface area contributed by atoms with Gasteiger partial charge in [-0.3, -0.25) is 4.68 Å². The third-order valence-corrected chi connectivity index (χ3v) is 2.70. The summed E-state index contributed by atoms with van der Waals surface area (Å²) in [5.74, 6) is 0. The summed E-state index contributed by atoms with van der Waals surface area (Å²) in [6.07, 6.45) is 3.15. The zero-order valence-electron chi connectivity index (χ0n) is 7.74. The molecule has 15 heavy (non-hydrogen) atoms. The van der Waals surface area contributed by atoms with Gasteiger partial charge in [0, 0.05) is 12.4 Å². The maximum absolute atomic E-state index is 7.33. The molecule has 1 heterocycles. The molecule has 1 aromatic heterocycles. The van der Waals surface area contributed by atoms with Gasteiger partial charge in [-0.25, -0.2) is 0 Å². The Morgan fingerprint density at radius 2 is 2.07 bits per heavy atom. The highest BCUT2D eigenvalue weighted by atomic mass is 35.5. The van der Waals surface area contributed by atoms with E-state index in [0.29, 0.717) is 22.3 Å². The molecule has 0 radical (unpaired) electrons. The van der Waals surface area contributed by atoms with Gasteiger partial charge in [-0.05, 0) is 17.7 Å². The molecule has 0 aliphatic rings. The second-order valence-electron chi connectivity index (χ2n) is 3.18. The molecule has 5 heteroatoms. The minimum Gasteiger partial charge on any atom is -0.696 e. The number of hydrogen-bond donors (Lipinski definition) is 0. The lowest BCUT2D eigenvalue weighted by atomic mass is 10.2. The minimum atomic E-state index is 0.398. The standard InChI is InChI=1S/C10H8Cl2N3/c11-9-2-1-7(3-10(9)12)5-15-6-8(13)4-14-15/h1-4,6,13H,5H2/q-1. The molecule has 0 saturated carbocycles. The zero-order chi connectivity index (χ0) is 10.8. The van der Waals surface area contributed by atoms with E-state index in [1.54, 1.807) is 23.0 Å². The molecule has 0 bridgehead atoms. The molecule has 0 aliphatic heterocycles. The van der Waals surface area contributed by atoms with E-state index in [9.17, 15) is 0 Å². The molecule has 1 aromatic carbocycles. The molecule has 0 saturated heterocycles. The monoisotopic (exact) mass is 240 g/mol. The predicted molar refractivity (Wildman–Crippen MR) is 61.8 cm³/mol. The maximum atomic E-state index is 7.33. The van der Waals surface area contributed by atoms with E-state index in [4.69, 9.17) is 28.9 Å². The number of halogens is 2. The first-order valence-electron chi connectivity index (χ1n) is 4.33. The van der Waals surface area contributed by atoms with Crippen LogP contribution in [0, 0.1) is 0 Å². The van der Waals surface area contributed by atoms with Crippen LogP contribution in [0.15, 0.2) is 30.6 Å². The van der Waals surface area contributed by atoms with E-state index < -0.39 is 0 Å². The van der Waals surface area contributed by atoms with Gasteiger partial charge in [0.25, 0.3) is 0 Å². The van der Waals surface area contributed by atoms with Crippen molar-refractivity contribution in [3.05, 3.63) is 51.9 Å². The van der Waals surface area contributed by atoms with E-state index in [1.165, 1.54) is 6.20 Å². The lowest BCUT2D eigenvalue weighted by Gasteiger charge is -2.03. The Balaban J connectivity index is 2.21. The first-order chi connectivity index (χ1) is 7.15. The molecular formula is C10H8Cl2N3-. The van der Waals surface area contributed by atoms with Crippen molar-refractivity contribution in [1.29, 1.82) is 0 Å². The van der Waals surface area contributed by atoms with Crippen LogP contribution in [0.25, 0.3) is 5.73 Å². The fourth-order valence-corrected chi connectivity index (χ4v) is 1.60. The average molecular weight is 241 g/mol. The van der Waals surface area contributed by atoms with Crippen molar-refractivity contribution in [2.45, 2.75) is 6.54 Å². The fraction of sp³-hybridized carbons (Fsp3) is 0.100. The molecule has 3 nitrogen and oxygen atoms in total. The summed E-state index contributed by atoms with van der Waals surface area (Å²) in [5.41, 5.74) is 8.73. The fourth-order valence-electron chi connectivity index (χ4n) is 1.28. The number of aromatic nitrogens is 2. The molecule has 2 rings (SSSR count). The van der Waals surface area contributed by atoms with Crippen LogP contribution in [-0.2, 0) is 6.54 Å². The Morgan fingerprint density at radius 1 is 1.27 bits per heavy atom. The molecule has 0 fully saturated rings. The van der Waals surface area contributed by atoms with Gasteiger partial charge in [-0.1, -0.05) is 29.3 Å². The molecule has 0 spiro atoms. The number of rotatable bonds is 2. The lowest BCUT2D eigenvalue weighted by Crippen LogP contribution is -1.99. The molecule has 0 amide bonds. The maximum Gasteiger partial charge on any atom is 0.0659 e. The Kier molecular flexibility index (Phi) is 2.84. The van der Waals surface area contributed by atoms with Crippen LogP contribution >= 0.6 is 23.2 Å². The third-order valence-electron chi connectivity index (χ3n) is 1.96. The van der Waals surface area contributed by atoms with E-state index in [1.807, 2.05) is 6.07 Å². The lowest BCUT2D eigenvalue weighted by molar-refractivity contribution is 0.687. The van der Waals surface area contributed by atoms with Crippen molar-refractivity contribution >= 4 is 28.9 Å². The number of benzene rings is 1. The summed E-state index contributed by atoms with van der Waals surface area (Å²) in [5, 5.41) is 5.09. The van der Waals surface area contributed by atoms with Crippen molar-refractivity contribution < 1.29 is 0 Å². The Bertz CT molecular complexity index is 479. The van der Waals surface area contributed by atoms with Crippen molar-refractivity contribution in [3.8, 4) is 0 Å². The van der Waals surface area contributed by atoms with Crippen molar-refractivity contribution in [2.75, 3.05) is 0 Å². The van der Waals surface area contributed by atoms with Gasteiger partial charge in [0.15, 0.2) is 0 Å². The van der Waals surface area contributed by atoms with Crippen LogP contribution in [0.3, 0.4) is 0 Å². The van der Waals surface area contributed by atoms with Crippen molar-refractivity contribution in [3.63, 3.8) is 0 Å². The van der Waals surface area contributed by atoms with Gasteiger partial charge < -0.3 is 5.73 Å².